The summed E-state index contributed by atoms with van der Waals surface area (Å²) in [5.74, 6) is 1.63. The Morgan fingerprint density at radius 3 is 2.47 bits per heavy atom. The number of ether oxygens (including phenoxy) is 2. The van der Waals surface area contributed by atoms with Crippen molar-refractivity contribution in [3.05, 3.63) is 23.8 Å². The summed E-state index contributed by atoms with van der Waals surface area (Å²) in [7, 11) is 1.68. The fourth-order valence-electron chi connectivity index (χ4n) is 3.04. The van der Waals surface area contributed by atoms with Crippen LogP contribution in [0.4, 0.5) is 0 Å². The third-order valence-electron chi connectivity index (χ3n) is 4.59. The van der Waals surface area contributed by atoms with Crippen LogP contribution in [0.15, 0.2) is 18.2 Å². The Morgan fingerprint density at radius 2 is 1.95 bits per heavy atom. The van der Waals surface area contributed by atoms with Gasteiger partial charge in [-0.3, -0.25) is 0 Å². The molecule has 0 radical (unpaired) electrons. The minimum absolute atomic E-state index is 0.109. The molecule has 19 heavy (non-hydrogen) atoms. The molecule has 0 aliphatic heterocycles. The van der Waals surface area contributed by atoms with Gasteiger partial charge in [-0.15, -0.1) is 11.6 Å². The molecule has 1 saturated carbocycles. The minimum atomic E-state index is 0.109. The van der Waals surface area contributed by atoms with Crippen molar-refractivity contribution in [3.63, 3.8) is 0 Å². The molecular weight excluding hydrogens is 260 g/mol. The number of hydrogen-bond donors (Lipinski definition) is 0. The highest BCUT2D eigenvalue weighted by molar-refractivity contribution is 6.21. The Morgan fingerprint density at radius 1 is 1.26 bits per heavy atom. The average molecular weight is 283 g/mol. The van der Waals surface area contributed by atoms with Crippen molar-refractivity contribution >= 4 is 11.6 Å². The Bertz CT molecular complexity index is 440. The van der Waals surface area contributed by atoms with E-state index in [9.17, 15) is 0 Å². The van der Waals surface area contributed by atoms with Crippen molar-refractivity contribution in [1.29, 1.82) is 0 Å². The van der Waals surface area contributed by atoms with Gasteiger partial charge in [0.05, 0.1) is 7.11 Å². The van der Waals surface area contributed by atoms with Crippen molar-refractivity contribution in [2.24, 2.45) is 5.41 Å². The van der Waals surface area contributed by atoms with Gasteiger partial charge in [-0.2, -0.15) is 0 Å². The standard InChI is InChI=1S/C16H23ClO2/c1-5-16(6-2)14(17)10-15(16)19-12-8-7-11(3)9-13(12)18-4/h7-9,14-15H,5-6,10H2,1-4H3. The molecule has 106 valence electrons. The van der Waals surface area contributed by atoms with E-state index in [1.54, 1.807) is 7.11 Å². The first kappa shape index (κ1) is 14.5. The second-order valence-electron chi connectivity index (χ2n) is 5.40. The predicted molar refractivity (Wildman–Crippen MR) is 79.4 cm³/mol. The smallest absolute Gasteiger partial charge is 0.161 e. The van der Waals surface area contributed by atoms with E-state index in [0.717, 1.165) is 30.8 Å². The van der Waals surface area contributed by atoms with Crippen LogP contribution in [0.2, 0.25) is 0 Å². The summed E-state index contributed by atoms with van der Waals surface area (Å²) in [5.41, 5.74) is 1.28. The molecule has 0 N–H and O–H groups in total. The molecule has 0 amide bonds. The molecule has 2 atom stereocenters. The number of methoxy groups -OCH3 is 1. The van der Waals surface area contributed by atoms with E-state index < -0.39 is 0 Å². The van der Waals surface area contributed by atoms with Gasteiger partial charge in [0.2, 0.25) is 0 Å². The van der Waals surface area contributed by atoms with E-state index in [2.05, 4.69) is 13.8 Å². The lowest BCUT2D eigenvalue weighted by atomic mass is 9.62. The lowest BCUT2D eigenvalue weighted by molar-refractivity contribution is -0.0472. The third kappa shape index (κ3) is 2.43. The molecule has 1 aromatic rings. The molecular formula is C16H23ClO2. The minimum Gasteiger partial charge on any atom is -0.493 e. The molecule has 0 heterocycles. The Labute approximate surface area is 121 Å². The van der Waals surface area contributed by atoms with Crippen LogP contribution in [0.1, 0.15) is 38.7 Å². The van der Waals surface area contributed by atoms with E-state index >= 15 is 0 Å². The number of hydrogen-bond acceptors (Lipinski definition) is 2. The van der Waals surface area contributed by atoms with Crippen molar-refractivity contribution in [1.82, 2.24) is 0 Å². The fourth-order valence-corrected chi connectivity index (χ4v) is 3.65. The molecule has 0 saturated heterocycles. The van der Waals surface area contributed by atoms with Crippen LogP contribution in [0.25, 0.3) is 0 Å². The lowest BCUT2D eigenvalue weighted by Gasteiger charge is -2.52. The van der Waals surface area contributed by atoms with Gasteiger partial charge in [-0.05, 0) is 37.5 Å². The molecule has 2 unspecified atom stereocenters. The first-order valence-electron chi connectivity index (χ1n) is 7.02. The fraction of sp³-hybridized carbons (Fsp3) is 0.625. The largest absolute Gasteiger partial charge is 0.493 e. The van der Waals surface area contributed by atoms with Gasteiger partial charge in [0.25, 0.3) is 0 Å². The van der Waals surface area contributed by atoms with Crippen LogP contribution >= 0.6 is 11.6 Å². The average Bonchev–Trinajstić information content (AvgIpc) is 2.41. The molecule has 1 aromatic carbocycles. The zero-order valence-corrected chi connectivity index (χ0v) is 13.0. The van der Waals surface area contributed by atoms with Crippen molar-refractivity contribution in [3.8, 4) is 11.5 Å². The summed E-state index contributed by atoms with van der Waals surface area (Å²) in [6, 6.07) is 6.05. The quantitative estimate of drug-likeness (QED) is 0.737. The van der Waals surface area contributed by atoms with Gasteiger partial charge in [-0.1, -0.05) is 19.9 Å². The molecule has 3 heteroatoms. The normalized spacial score (nSPS) is 24.7. The van der Waals surface area contributed by atoms with Gasteiger partial charge >= 0.3 is 0 Å². The highest BCUT2D eigenvalue weighted by Gasteiger charge is 2.53. The highest BCUT2D eigenvalue weighted by Crippen LogP contribution is 2.52. The third-order valence-corrected chi connectivity index (χ3v) is 5.20. The van der Waals surface area contributed by atoms with Crippen LogP contribution in [-0.4, -0.2) is 18.6 Å². The summed E-state index contributed by atoms with van der Waals surface area (Å²) in [4.78, 5) is 0. The summed E-state index contributed by atoms with van der Waals surface area (Å²) < 4.78 is 11.6. The van der Waals surface area contributed by atoms with Crippen molar-refractivity contribution in [2.75, 3.05) is 7.11 Å². The zero-order valence-electron chi connectivity index (χ0n) is 12.2. The Kier molecular flexibility index (Phi) is 4.29. The van der Waals surface area contributed by atoms with Crippen LogP contribution in [0.3, 0.4) is 0 Å². The molecule has 1 fully saturated rings. The van der Waals surface area contributed by atoms with E-state index in [4.69, 9.17) is 21.1 Å². The van der Waals surface area contributed by atoms with E-state index in [1.807, 2.05) is 25.1 Å². The van der Waals surface area contributed by atoms with Crippen LogP contribution < -0.4 is 9.47 Å². The van der Waals surface area contributed by atoms with Crippen LogP contribution in [-0.2, 0) is 0 Å². The molecule has 0 bridgehead atoms. The second kappa shape index (κ2) is 5.62. The van der Waals surface area contributed by atoms with Crippen LogP contribution in [0, 0.1) is 12.3 Å². The topological polar surface area (TPSA) is 18.5 Å². The van der Waals surface area contributed by atoms with Crippen molar-refractivity contribution in [2.45, 2.75) is 51.5 Å². The first-order valence-corrected chi connectivity index (χ1v) is 7.46. The molecule has 1 aliphatic carbocycles. The maximum atomic E-state index is 6.42. The van der Waals surface area contributed by atoms with Gasteiger partial charge < -0.3 is 9.47 Å². The monoisotopic (exact) mass is 282 g/mol. The first-order chi connectivity index (χ1) is 9.07. The summed E-state index contributed by atoms with van der Waals surface area (Å²) in [6.45, 7) is 6.44. The Hall–Kier alpha value is -0.890. The van der Waals surface area contributed by atoms with E-state index in [1.165, 1.54) is 5.56 Å². The van der Waals surface area contributed by atoms with Crippen molar-refractivity contribution < 1.29 is 9.47 Å². The molecule has 0 aromatic heterocycles. The van der Waals surface area contributed by atoms with Gasteiger partial charge in [0.1, 0.15) is 6.10 Å². The Balaban J connectivity index is 2.18. The maximum Gasteiger partial charge on any atom is 0.161 e. The number of benzene rings is 1. The predicted octanol–water partition coefficient (Wildman–Crippen LogP) is 4.57. The molecule has 2 rings (SSSR count). The highest BCUT2D eigenvalue weighted by atomic mass is 35.5. The maximum absolute atomic E-state index is 6.42. The van der Waals surface area contributed by atoms with Gasteiger partial charge in [-0.25, -0.2) is 0 Å². The molecule has 2 nitrogen and oxygen atoms in total. The number of halogens is 1. The SMILES string of the molecule is CCC1(CC)C(Cl)CC1Oc1ccc(C)cc1OC. The lowest BCUT2D eigenvalue weighted by Crippen LogP contribution is -2.56. The number of aryl methyl sites for hydroxylation is 1. The van der Waals surface area contributed by atoms with E-state index in [-0.39, 0.29) is 16.9 Å². The van der Waals surface area contributed by atoms with Gasteiger partial charge in [0.15, 0.2) is 11.5 Å². The summed E-state index contributed by atoms with van der Waals surface area (Å²) in [5, 5.41) is 0.226. The van der Waals surface area contributed by atoms with Gasteiger partial charge in [0, 0.05) is 17.2 Å². The van der Waals surface area contributed by atoms with Crippen LogP contribution in [0.5, 0.6) is 11.5 Å². The second-order valence-corrected chi connectivity index (χ2v) is 5.93. The summed E-state index contributed by atoms with van der Waals surface area (Å²) in [6.07, 6.45) is 3.22. The zero-order chi connectivity index (χ0) is 14.0. The number of rotatable bonds is 5. The summed E-state index contributed by atoms with van der Waals surface area (Å²) >= 11 is 6.42. The number of alkyl halides is 1. The molecule has 1 aliphatic rings. The van der Waals surface area contributed by atoms with E-state index in [0.29, 0.717) is 0 Å². The molecule has 0 spiro atoms.